The van der Waals surface area contributed by atoms with Crippen LogP contribution in [-0.2, 0) is 0 Å². The summed E-state index contributed by atoms with van der Waals surface area (Å²) < 4.78 is 3.41. The molecule has 0 atom stereocenters. The van der Waals surface area contributed by atoms with E-state index in [2.05, 4.69) is 15.3 Å². The normalized spacial score (nSPS) is 11.2. The summed E-state index contributed by atoms with van der Waals surface area (Å²) in [7, 11) is 0. The van der Waals surface area contributed by atoms with Gasteiger partial charge in [0.25, 0.3) is 0 Å². The first-order chi connectivity index (χ1) is 12.8. The van der Waals surface area contributed by atoms with Gasteiger partial charge in [-0.25, -0.2) is 14.3 Å². The zero-order valence-electron chi connectivity index (χ0n) is 13.4. The fourth-order valence-electron chi connectivity index (χ4n) is 2.87. The lowest BCUT2D eigenvalue weighted by atomic mass is 10.1. The smallest absolute Gasteiger partial charge is 0.255 e. The molecule has 5 rings (SSSR count). The van der Waals surface area contributed by atoms with Crippen molar-refractivity contribution < 1.29 is 0 Å². The maximum Gasteiger partial charge on any atom is 0.322 e. The third-order valence-electron chi connectivity index (χ3n) is 4.04. The second-order valence-corrected chi connectivity index (χ2v) is 6.62. The highest BCUT2D eigenvalue weighted by molar-refractivity contribution is 7.14. The van der Waals surface area contributed by atoms with Crippen molar-refractivity contribution in [3.63, 3.8) is 0 Å². The van der Waals surface area contributed by atoms with Crippen LogP contribution in [0, 0.1) is 0 Å². The number of hydrogen-bond acceptors (Lipinski definition) is 5. The first-order valence-electron chi connectivity index (χ1n) is 7.95. The minimum Gasteiger partial charge on any atom is -0.255 e. The Morgan fingerprint density at radius 3 is 2.42 bits per heavy atom. The Kier molecular flexibility index (Phi) is 3.29. The molecular formula is C18H12N6OS. The summed E-state index contributed by atoms with van der Waals surface area (Å²) in [6.07, 6.45) is 1.91. The lowest BCUT2D eigenvalue weighted by molar-refractivity contribution is 0.884. The Morgan fingerprint density at radius 2 is 1.65 bits per heavy atom. The summed E-state index contributed by atoms with van der Waals surface area (Å²) in [4.78, 5) is 12.0. The number of aromatic nitrogens is 6. The first-order valence-corrected chi connectivity index (χ1v) is 8.76. The molecule has 0 saturated heterocycles. The Balaban J connectivity index is 1.78. The Bertz CT molecular complexity index is 1250. The number of H-pyrrole nitrogens is 1. The molecule has 1 N–H and O–H groups in total. The molecule has 0 radical (unpaired) electrons. The standard InChI is InChI=1S/C18H12N6OS/c25-18-22-24-16(19-20-17(24)26-18)14-11-23(13-9-5-2-6-10-13)21-15(14)12-7-3-1-4-8-12/h1-11H,(H,22,25). The van der Waals surface area contributed by atoms with Crippen molar-refractivity contribution in [2.24, 2.45) is 0 Å². The van der Waals surface area contributed by atoms with Crippen molar-refractivity contribution in [3.05, 3.63) is 76.5 Å². The van der Waals surface area contributed by atoms with Crippen LogP contribution in [-0.4, -0.2) is 29.6 Å². The topological polar surface area (TPSA) is 80.9 Å². The molecule has 3 heterocycles. The van der Waals surface area contributed by atoms with Crippen molar-refractivity contribution in [2.45, 2.75) is 0 Å². The van der Waals surface area contributed by atoms with Gasteiger partial charge in [0.2, 0.25) is 4.96 Å². The molecule has 0 unspecified atom stereocenters. The number of aromatic amines is 1. The SMILES string of the molecule is O=c1[nH]n2c(-c3cn(-c4ccccc4)nc3-c3ccccc3)nnc2s1. The zero-order valence-corrected chi connectivity index (χ0v) is 14.2. The average Bonchev–Trinajstić information content (AvgIpc) is 3.37. The third kappa shape index (κ3) is 2.35. The highest BCUT2D eigenvalue weighted by Gasteiger charge is 2.20. The predicted molar refractivity (Wildman–Crippen MR) is 99.5 cm³/mol. The minimum atomic E-state index is -0.173. The van der Waals surface area contributed by atoms with Crippen molar-refractivity contribution in [3.8, 4) is 28.3 Å². The van der Waals surface area contributed by atoms with Gasteiger partial charge in [0.15, 0.2) is 5.82 Å². The molecule has 126 valence electrons. The van der Waals surface area contributed by atoms with Gasteiger partial charge >= 0.3 is 4.87 Å². The van der Waals surface area contributed by atoms with Crippen molar-refractivity contribution >= 4 is 16.3 Å². The molecular weight excluding hydrogens is 348 g/mol. The molecule has 0 aliphatic rings. The fourth-order valence-corrected chi connectivity index (χ4v) is 3.48. The Hall–Kier alpha value is -3.52. The minimum absolute atomic E-state index is 0.173. The molecule has 0 amide bonds. The molecule has 26 heavy (non-hydrogen) atoms. The van der Waals surface area contributed by atoms with E-state index in [0.29, 0.717) is 10.8 Å². The van der Waals surface area contributed by atoms with Crippen LogP contribution in [0.3, 0.4) is 0 Å². The number of nitrogens with zero attached hydrogens (tertiary/aromatic N) is 5. The lowest BCUT2D eigenvalue weighted by Gasteiger charge is -2.00. The number of para-hydroxylation sites is 1. The van der Waals surface area contributed by atoms with Gasteiger partial charge in [-0.1, -0.05) is 48.5 Å². The van der Waals surface area contributed by atoms with Crippen molar-refractivity contribution in [2.75, 3.05) is 0 Å². The molecule has 3 aromatic heterocycles. The van der Waals surface area contributed by atoms with Crippen LogP contribution in [0.4, 0.5) is 0 Å². The van der Waals surface area contributed by atoms with E-state index < -0.39 is 0 Å². The van der Waals surface area contributed by atoms with E-state index in [4.69, 9.17) is 5.10 Å². The highest BCUT2D eigenvalue weighted by atomic mass is 32.1. The van der Waals surface area contributed by atoms with E-state index in [1.807, 2.05) is 71.5 Å². The van der Waals surface area contributed by atoms with E-state index in [1.165, 1.54) is 0 Å². The van der Waals surface area contributed by atoms with Crippen LogP contribution in [0.5, 0.6) is 0 Å². The van der Waals surface area contributed by atoms with Crippen LogP contribution in [0.25, 0.3) is 33.3 Å². The number of fused-ring (bicyclic) bond motifs is 1. The molecule has 5 aromatic rings. The lowest BCUT2D eigenvalue weighted by Crippen LogP contribution is -1.99. The van der Waals surface area contributed by atoms with Crippen LogP contribution < -0.4 is 4.87 Å². The van der Waals surface area contributed by atoms with Gasteiger partial charge in [0.1, 0.15) is 5.69 Å². The van der Waals surface area contributed by atoms with Gasteiger partial charge in [0.05, 0.1) is 11.3 Å². The number of nitrogens with one attached hydrogen (secondary N) is 1. The largest absolute Gasteiger partial charge is 0.322 e. The third-order valence-corrected chi connectivity index (χ3v) is 4.77. The van der Waals surface area contributed by atoms with Crippen LogP contribution in [0.1, 0.15) is 0 Å². The monoisotopic (exact) mass is 360 g/mol. The van der Waals surface area contributed by atoms with Gasteiger partial charge in [-0.15, -0.1) is 10.2 Å². The van der Waals surface area contributed by atoms with Gasteiger partial charge < -0.3 is 0 Å². The zero-order chi connectivity index (χ0) is 17.5. The molecule has 0 aliphatic heterocycles. The Morgan fingerprint density at radius 1 is 0.923 bits per heavy atom. The van der Waals surface area contributed by atoms with Gasteiger partial charge in [-0.3, -0.25) is 4.79 Å². The maximum absolute atomic E-state index is 11.7. The summed E-state index contributed by atoms with van der Waals surface area (Å²) in [5, 5.41) is 15.9. The summed E-state index contributed by atoms with van der Waals surface area (Å²) in [5.74, 6) is 0.555. The van der Waals surface area contributed by atoms with Crippen LogP contribution in [0.15, 0.2) is 71.7 Å². The number of benzene rings is 2. The van der Waals surface area contributed by atoms with Crippen LogP contribution in [0.2, 0.25) is 0 Å². The molecule has 0 spiro atoms. The van der Waals surface area contributed by atoms with Gasteiger partial charge in [-0.2, -0.15) is 5.10 Å². The van der Waals surface area contributed by atoms with E-state index >= 15 is 0 Å². The first kappa shape index (κ1) is 14.8. The van der Waals surface area contributed by atoms with Gasteiger partial charge in [-0.05, 0) is 23.5 Å². The second kappa shape index (κ2) is 5.78. The highest BCUT2D eigenvalue weighted by Crippen LogP contribution is 2.31. The summed E-state index contributed by atoms with van der Waals surface area (Å²) in [5.41, 5.74) is 3.47. The fraction of sp³-hybridized carbons (Fsp3) is 0. The summed E-state index contributed by atoms with van der Waals surface area (Å²) in [6.45, 7) is 0. The summed E-state index contributed by atoms with van der Waals surface area (Å²) >= 11 is 1.02. The molecule has 0 aliphatic carbocycles. The Labute approximate surface area is 151 Å². The van der Waals surface area contributed by atoms with Crippen LogP contribution >= 0.6 is 11.3 Å². The molecule has 0 fully saturated rings. The second-order valence-electron chi connectivity index (χ2n) is 5.68. The summed E-state index contributed by atoms with van der Waals surface area (Å²) in [6, 6.07) is 19.7. The number of rotatable bonds is 3. The van der Waals surface area contributed by atoms with E-state index in [0.717, 1.165) is 33.8 Å². The van der Waals surface area contributed by atoms with E-state index in [-0.39, 0.29) is 4.87 Å². The maximum atomic E-state index is 11.7. The quantitative estimate of drug-likeness (QED) is 0.536. The van der Waals surface area contributed by atoms with Crippen molar-refractivity contribution in [1.82, 2.24) is 29.6 Å². The molecule has 2 aromatic carbocycles. The molecule has 0 bridgehead atoms. The van der Waals surface area contributed by atoms with E-state index in [9.17, 15) is 4.79 Å². The molecule has 7 nitrogen and oxygen atoms in total. The van der Waals surface area contributed by atoms with E-state index in [1.54, 1.807) is 4.52 Å². The van der Waals surface area contributed by atoms with Gasteiger partial charge in [0, 0.05) is 11.8 Å². The molecule has 8 heteroatoms. The number of hydrogen-bond donors (Lipinski definition) is 1. The molecule has 0 saturated carbocycles. The average molecular weight is 360 g/mol. The van der Waals surface area contributed by atoms with Crippen molar-refractivity contribution in [1.29, 1.82) is 0 Å². The predicted octanol–water partition coefficient (Wildman–Crippen LogP) is 3.00.